The third-order valence-corrected chi connectivity index (χ3v) is 7.56. The van der Waals surface area contributed by atoms with Gasteiger partial charge in [-0.1, -0.05) is 24.3 Å². The summed E-state index contributed by atoms with van der Waals surface area (Å²) in [5.74, 6) is -1.12. The van der Waals surface area contributed by atoms with Crippen LogP contribution in [-0.2, 0) is 19.4 Å². The molecule has 0 saturated carbocycles. The monoisotopic (exact) mass is 516 g/mol. The number of hydrogen-bond donors (Lipinski definition) is 1. The summed E-state index contributed by atoms with van der Waals surface area (Å²) < 4.78 is 28.9. The molecule has 0 unspecified atom stereocenters. The van der Waals surface area contributed by atoms with Crippen molar-refractivity contribution in [1.29, 1.82) is 0 Å². The summed E-state index contributed by atoms with van der Waals surface area (Å²) in [5, 5.41) is 3.05. The first-order valence-corrected chi connectivity index (χ1v) is 13.2. The number of piperazine rings is 1. The van der Waals surface area contributed by atoms with E-state index in [-0.39, 0.29) is 5.91 Å². The van der Waals surface area contributed by atoms with E-state index in [1.807, 2.05) is 36.5 Å². The maximum Gasteiger partial charge on any atom is 0.259 e. The number of aromatic nitrogens is 3. The smallest absolute Gasteiger partial charge is 0.259 e. The molecule has 1 saturated heterocycles. The second-order valence-corrected chi connectivity index (χ2v) is 9.98. The Morgan fingerprint density at radius 1 is 0.947 bits per heavy atom. The van der Waals surface area contributed by atoms with Crippen molar-refractivity contribution in [1.82, 2.24) is 19.4 Å². The molecule has 1 amide bonds. The zero-order chi connectivity index (χ0) is 26.1. The van der Waals surface area contributed by atoms with Crippen molar-refractivity contribution in [3.8, 4) is 0 Å². The molecular weight excluding hydrogens is 486 g/mol. The number of amides is 1. The van der Waals surface area contributed by atoms with Gasteiger partial charge in [0, 0.05) is 50.6 Å². The molecular formula is C29H30F2N6O. The average molecular weight is 517 g/mol. The molecule has 0 aliphatic carbocycles. The average Bonchev–Trinajstić information content (AvgIpc) is 3.28. The normalized spacial score (nSPS) is 16.0. The Labute approximate surface area is 220 Å². The molecule has 196 valence electrons. The Morgan fingerprint density at radius 3 is 2.55 bits per heavy atom. The fourth-order valence-corrected chi connectivity index (χ4v) is 5.50. The topological polar surface area (TPSA) is 66.3 Å². The molecule has 0 atom stereocenters. The van der Waals surface area contributed by atoms with E-state index in [2.05, 4.69) is 19.7 Å². The van der Waals surface area contributed by atoms with E-state index in [1.165, 1.54) is 12.1 Å². The molecule has 1 N–H and O–H groups in total. The van der Waals surface area contributed by atoms with E-state index in [4.69, 9.17) is 9.97 Å². The van der Waals surface area contributed by atoms with Gasteiger partial charge in [0.1, 0.15) is 5.52 Å². The zero-order valence-electron chi connectivity index (χ0n) is 21.2. The lowest BCUT2D eigenvalue weighted by Gasteiger charge is -2.34. The minimum Gasteiger partial charge on any atom is -0.341 e. The van der Waals surface area contributed by atoms with Crippen molar-refractivity contribution in [3.63, 3.8) is 0 Å². The standard InChI is InChI=1S/C29H30F2N6O/c30-22-10-9-20(18-23(22)31)11-13-35-14-16-36(17-15-35)29-32-19-25-27(34-29)26(24-8-4-5-12-37(24)25)28(38)33-21-6-2-1-3-7-21/h1-3,6-7,9-10,18-19H,4-5,8,11-17H2,(H,33,38). The van der Waals surface area contributed by atoms with Crippen LogP contribution in [0.25, 0.3) is 11.0 Å². The number of rotatable bonds is 6. The highest BCUT2D eigenvalue weighted by molar-refractivity contribution is 6.13. The van der Waals surface area contributed by atoms with Crippen molar-refractivity contribution in [2.24, 2.45) is 0 Å². The number of hydrogen-bond acceptors (Lipinski definition) is 5. The maximum atomic E-state index is 13.5. The van der Waals surface area contributed by atoms with Gasteiger partial charge in [-0.15, -0.1) is 0 Å². The predicted molar refractivity (Wildman–Crippen MR) is 144 cm³/mol. The summed E-state index contributed by atoms with van der Waals surface area (Å²) in [5.41, 5.74) is 4.85. The number of fused-ring (bicyclic) bond motifs is 3. The van der Waals surface area contributed by atoms with Crippen molar-refractivity contribution >= 4 is 28.6 Å². The minimum absolute atomic E-state index is 0.136. The van der Waals surface area contributed by atoms with E-state index >= 15 is 0 Å². The summed E-state index contributed by atoms with van der Waals surface area (Å²) in [4.78, 5) is 27.6. The number of nitrogens with zero attached hydrogens (tertiary/aromatic N) is 5. The zero-order valence-corrected chi connectivity index (χ0v) is 21.2. The molecule has 2 aromatic carbocycles. The highest BCUT2D eigenvalue weighted by Gasteiger charge is 2.27. The van der Waals surface area contributed by atoms with Crippen LogP contribution in [0.2, 0.25) is 0 Å². The summed E-state index contributed by atoms with van der Waals surface area (Å²) in [7, 11) is 0. The molecule has 9 heteroatoms. The Morgan fingerprint density at radius 2 is 1.76 bits per heavy atom. The van der Waals surface area contributed by atoms with Gasteiger partial charge < -0.3 is 14.8 Å². The molecule has 4 heterocycles. The Kier molecular flexibility index (Phi) is 6.76. The fraction of sp³-hybridized carbons (Fsp3) is 0.345. The van der Waals surface area contributed by atoms with Crippen LogP contribution in [0.3, 0.4) is 0 Å². The van der Waals surface area contributed by atoms with E-state index < -0.39 is 11.6 Å². The fourth-order valence-electron chi connectivity index (χ4n) is 5.50. The van der Waals surface area contributed by atoms with Crippen LogP contribution >= 0.6 is 0 Å². The second kappa shape index (κ2) is 10.5. The van der Waals surface area contributed by atoms with Gasteiger partial charge in [-0.3, -0.25) is 9.69 Å². The third kappa shape index (κ3) is 4.86. The van der Waals surface area contributed by atoms with Crippen LogP contribution in [0, 0.1) is 11.6 Å². The molecule has 2 aliphatic heterocycles. The molecule has 2 aromatic heterocycles. The molecule has 4 aromatic rings. The van der Waals surface area contributed by atoms with Gasteiger partial charge >= 0.3 is 0 Å². The quantitative estimate of drug-likeness (QED) is 0.404. The van der Waals surface area contributed by atoms with Crippen molar-refractivity contribution in [3.05, 3.63) is 83.2 Å². The van der Waals surface area contributed by atoms with Crippen molar-refractivity contribution < 1.29 is 13.6 Å². The number of para-hydroxylation sites is 1. The molecule has 6 rings (SSSR count). The van der Waals surface area contributed by atoms with E-state index in [0.717, 1.165) is 81.0 Å². The van der Waals surface area contributed by atoms with Gasteiger partial charge in [0.15, 0.2) is 11.6 Å². The lowest BCUT2D eigenvalue weighted by Crippen LogP contribution is -2.47. The van der Waals surface area contributed by atoms with Crippen LogP contribution < -0.4 is 10.2 Å². The van der Waals surface area contributed by atoms with Gasteiger partial charge in [0.05, 0.1) is 17.3 Å². The van der Waals surface area contributed by atoms with Gasteiger partial charge in [0.2, 0.25) is 5.95 Å². The van der Waals surface area contributed by atoms with Crippen LogP contribution in [0.1, 0.15) is 34.5 Å². The maximum absolute atomic E-state index is 13.5. The van der Waals surface area contributed by atoms with Gasteiger partial charge in [-0.05, 0) is 55.5 Å². The number of nitrogens with one attached hydrogen (secondary N) is 1. The number of carbonyl (C=O) groups excluding carboxylic acids is 1. The Balaban J connectivity index is 1.19. The summed E-state index contributed by atoms with van der Waals surface area (Å²) >= 11 is 0. The van der Waals surface area contributed by atoms with Gasteiger partial charge in [0.25, 0.3) is 5.91 Å². The van der Waals surface area contributed by atoms with Crippen LogP contribution in [0.4, 0.5) is 20.4 Å². The van der Waals surface area contributed by atoms with E-state index in [9.17, 15) is 13.6 Å². The van der Waals surface area contributed by atoms with E-state index in [0.29, 0.717) is 23.4 Å². The molecule has 0 spiro atoms. The molecule has 7 nitrogen and oxygen atoms in total. The third-order valence-electron chi connectivity index (χ3n) is 7.56. The molecule has 0 radical (unpaired) electrons. The number of anilines is 2. The first-order chi connectivity index (χ1) is 18.6. The SMILES string of the molecule is O=C(Nc1ccccc1)c1c2n(c3cnc(N4CCN(CCc5ccc(F)c(F)c5)CC4)nc13)CCCC2. The second-order valence-electron chi connectivity index (χ2n) is 9.98. The number of carbonyl (C=O) groups is 1. The van der Waals surface area contributed by atoms with Crippen molar-refractivity contribution in [2.75, 3.05) is 42.9 Å². The predicted octanol–water partition coefficient (Wildman–Crippen LogP) is 4.66. The minimum atomic E-state index is -0.816. The first-order valence-electron chi connectivity index (χ1n) is 13.2. The van der Waals surface area contributed by atoms with Crippen LogP contribution in [0.15, 0.2) is 54.7 Å². The van der Waals surface area contributed by atoms with Crippen LogP contribution in [0.5, 0.6) is 0 Å². The van der Waals surface area contributed by atoms with Gasteiger partial charge in [-0.25, -0.2) is 18.7 Å². The lowest BCUT2D eigenvalue weighted by atomic mass is 10.1. The molecule has 2 aliphatic rings. The summed E-state index contributed by atoms with van der Waals surface area (Å²) in [6.07, 6.45) is 5.50. The van der Waals surface area contributed by atoms with E-state index in [1.54, 1.807) is 6.07 Å². The number of aryl methyl sites for hydroxylation is 1. The van der Waals surface area contributed by atoms with Gasteiger partial charge in [-0.2, -0.15) is 0 Å². The molecule has 1 fully saturated rings. The highest BCUT2D eigenvalue weighted by atomic mass is 19.2. The first kappa shape index (κ1) is 24.5. The highest BCUT2D eigenvalue weighted by Crippen LogP contribution is 2.31. The Hall–Kier alpha value is -3.85. The van der Waals surface area contributed by atoms with Crippen LogP contribution in [-0.4, -0.2) is 58.1 Å². The largest absolute Gasteiger partial charge is 0.341 e. The number of benzene rings is 2. The Bertz CT molecular complexity index is 1460. The van der Waals surface area contributed by atoms with Crippen molar-refractivity contribution in [2.45, 2.75) is 32.2 Å². The lowest BCUT2D eigenvalue weighted by molar-refractivity contribution is 0.102. The number of halogens is 2. The molecule has 38 heavy (non-hydrogen) atoms. The summed E-state index contributed by atoms with van der Waals surface area (Å²) in [6.45, 7) is 4.78. The summed E-state index contributed by atoms with van der Waals surface area (Å²) in [6, 6.07) is 13.6. The molecule has 0 bridgehead atoms.